The number of hydrogen-bond donors (Lipinski definition) is 1. The van der Waals surface area contributed by atoms with Gasteiger partial charge in [-0.2, -0.15) is 5.10 Å². The lowest BCUT2D eigenvalue weighted by Crippen LogP contribution is -2.07. The molecule has 0 saturated heterocycles. The number of carbonyl (C=O) groups is 1. The summed E-state index contributed by atoms with van der Waals surface area (Å²) in [5.74, 6) is -1.91. The van der Waals surface area contributed by atoms with Gasteiger partial charge in [-0.25, -0.2) is 22.6 Å². The number of rotatable bonds is 3. The largest absolute Gasteiger partial charge is 0.477 e. The molecule has 0 atom stereocenters. The molecule has 18 heavy (non-hydrogen) atoms. The van der Waals surface area contributed by atoms with Gasteiger partial charge < -0.3 is 5.11 Å². The summed E-state index contributed by atoms with van der Waals surface area (Å²) in [5, 5.41) is 12.4. The van der Waals surface area contributed by atoms with Gasteiger partial charge in [-0.1, -0.05) is 0 Å². The van der Waals surface area contributed by atoms with Crippen molar-refractivity contribution in [3.05, 3.63) is 47.5 Å². The highest BCUT2D eigenvalue weighted by atomic mass is 19.3. The van der Waals surface area contributed by atoms with Crippen LogP contribution in [0.3, 0.4) is 0 Å². The third-order valence-electron chi connectivity index (χ3n) is 2.24. The molecule has 0 spiro atoms. The standard InChI is InChI=1S/C11H7F3N2O2/c12-6-1-3-7(4-2-6)16-9(11(17)18)5-8(15-16)10(13)14/h1-5,10H,(H,17,18). The SMILES string of the molecule is O=C(O)c1cc(C(F)F)nn1-c1ccc(F)cc1. The van der Waals surface area contributed by atoms with Crippen molar-refractivity contribution in [2.75, 3.05) is 0 Å². The van der Waals surface area contributed by atoms with Crippen LogP contribution in [-0.2, 0) is 0 Å². The van der Waals surface area contributed by atoms with Crippen molar-refractivity contribution in [3.8, 4) is 5.69 Å². The predicted octanol–water partition coefficient (Wildman–Crippen LogP) is 2.65. The first-order valence-corrected chi connectivity index (χ1v) is 4.86. The van der Waals surface area contributed by atoms with Crippen molar-refractivity contribution in [3.63, 3.8) is 0 Å². The molecule has 0 aliphatic carbocycles. The predicted molar refractivity (Wildman–Crippen MR) is 55.4 cm³/mol. The van der Waals surface area contributed by atoms with Crippen molar-refractivity contribution < 1.29 is 23.1 Å². The third kappa shape index (κ3) is 2.20. The van der Waals surface area contributed by atoms with Gasteiger partial charge in [-0.3, -0.25) is 0 Å². The van der Waals surface area contributed by atoms with Crippen molar-refractivity contribution in [2.24, 2.45) is 0 Å². The Bertz CT molecular complexity index is 578. The monoisotopic (exact) mass is 256 g/mol. The van der Waals surface area contributed by atoms with Gasteiger partial charge in [0.15, 0.2) is 5.69 Å². The van der Waals surface area contributed by atoms with Crippen LogP contribution in [0.15, 0.2) is 30.3 Å². The van der Waals surface area contributed by atoms with E-state index in [1.165, 1.54) is 12.1 Å². The number of nitrogens with zero attached hydrogens (tertiary/aromatic N) is 2. The molecule has 0 bridgehead atoms. The molecule has 4 nitrogen and oxygen atoms in total. The second-order valence-corrected chi connectivity index (χ2v) is 3.45. The van der Waals surface area contributed by atoms with E-state index in [-0.39, 0.29) is 5.69 Å². The normalized spacial score (nSPS) is 10.9. The van der Waals surface area contributed by atoms with E-state index in [1.807, 2.05) is 0 Å². The number of carboxylic acids is 1. The Morgan fingerprint density at radius 3 is 2.39 bits per heavy atom. The Morgan fingerprint density at radius 1 is 1.28 bits per heavy atom. The zero-order chi connectivity index (χ0) is 13.3. The molecular formula is C11H7F3N2O2. The van der Waals surface area contributed by atoms with Crippen molar-refractivity contribution in [1.29, 1.82) is 0 Å². The molecule has 0 saturated carbocycles. The Kier molecular flexibility index (Phi) is 3.05. The molecule has 1 aromatic carbocycles. The topological polar surface area (TPSA) is 55.1 Å². The van der Waals surface area contributed by atoms with Crippen LogP contribution in [0.25, 0.3) is 5.69 Å². The quantitative estimate of drug-likeness (QED) is 0.918. The van der Waals surface area contributed by atoms with Gasteiger partial charge in [0.25, 0.3) is 6.43 Å². The molecule has 0 fully saturated rings. The summed E-state index contributed by atoms with van der Waals surface area (Å²) in [7, 11) is 0. The lowest BCUT2D eigenvalue weighted by atomic mass is 10.3. The van der Waals surface area contributed by atoms with Gasteiger partial charge >= 0.3 is 5.97 Å². The van der Waals surface area contributed by atoms with Crippen LogP contribution in [0.5, 0.6) is 0 Å². The van der Waals surface area contributed by atoms with Gasteiger partial charge in [0.05, 0.1) is 5.69 Å². The van der Waals surface area contributed by atoms with Gasteiger partial charge in [-0.15, -0.1) is 0 Å². The smallest absolute Gasteiger partial charge is 0.354 e. The zero-order valence-electron chi connectivity index (χ0n) is 8.85. The Labute approximate surface area is 99.3 Å². The van der Waals surface area contributed by atoms with E-state index in [0.29, 0.717) is 0 Å². The van der Waals surface area contributed by atoms with Gasteiger partial charge in [-0.05, 0) is 24.3 Å². The molecule has 0 radical (unpaired) electrons. The number of benzene rings is 1. The van der Waals surface area contributed by atoms with Crippen molar-refractivity contribution in [2.45, 2.75) is 6.43 Å². The molecule has 1 heterocycles. The molecule has 1 aromatic heterocycles. The number of aromatic carboxylic acids is 1. The molecule has 0 unspecified atom stereocenters. The second kappa shape index (κ2) is 4.52. The molecule has 2 aromatic rings. The zero-order valence-corrected chi connectivity index (χ0v) is 8.85. The molecule has 2 rings (SSSR count). The maximum absolute atomic E-state index is 12.7. The lowest BCUT2D eigenvalue weighted by molar-refractivity contribution is 0.0687. The van der Waals surface area contributed by atoms with Gasteiger partial charge in [0, 0.05) is 6.07 Å². The second-order valence-electron chi connectivity index (χ2n) is 3.45. The van der Waals surface area contributed by atoms with Crippen LogP contribution < -0.4 is 0 Å². The highest BCUT2D eigenvalue weighted by Gasteiger charge is 2.20. The first kappa shape index (κ1) is 12.2. The summed E-state index contributed by atoms with van der Waals surface area (Å²) in [6.45, 7) is 0. The number of carboxylic acid groups (broad SMARTS) is 1. The minimum absolute atomic E-state index is 0.195. The molecule has 0 amide bonds. The Morgan fingerprint density at radius 2 is 1.89 bits per heavy atom. The minimum Gasteiger partial charge on any atom is -0.477 e. The Balaban J connectivity index is 2.55. The number of halogens is 3. The van der Waals surface area contributed by atoms with Gasteiger partial charge in [0.1, 0.15) is 11.5 Å². The van der Waals surface area contributed by atoms with Crippen LogP contribution in [0.2, 0.25) is 0 Å². The Hall–Kier alpha value is -2.31. The molecule has 0 aliphatic heterocycles. The number of alkyl halides is 2. The van der Waals surface area contributed by atoms with E-state index in [0.717, 1.165) is 22.9 Å². The molecular weight excluding hydrogens is 249 g/mol. The fourth-order valence-corrected chi connectivity index (χ4v) is 1.44. The molecule has 7 heteroatoms. The lowest BCUT2D eigenvalue weighted by Gasteiger charge is -2.03. The summed E-state index contributed by atoms with van der Waals surface area (Å²) in [5.41, 5.74) is -0.852. The van der Waals surface area contributed by atoms with E-state index < -0.39 is 29.6 Å². The summed E-state index contributed by atoms with van der Waals surface area (Å²) in [4.78, 5) is 10.9. The van der Waals surface area contributed by atoms with Crippen LogP contribution in [-0.4, -0.2) is 20.9 Å². The van der Waals surface area contributed by atoms with E-state index in [1.54, 1.807) is 0 Å². The van der Waals surface area contributed by atoms with Gasteiger partial charge in [0.2, 0.25) is 0 Å². The average molecular weight is 256 g/mol. The van der Waals surface area contributed by atoms with E-state index >= 15 is 0 Å². The van der Waals surface area contributed by atoms with Crippen LogP contribution >= 0.6 is 0 Å². The first-order valence-electron chi connectivity index (χ1n) is 4.86. The van der Waals surface area contributed by atoms with Crippen molar-refractivity contribution in [1.82, 2.24) is 9.78 Å². The maximum Gasteiger partial charge on any atom is 0.354 e. The summed E-state index contributed by atoms with van der Waals surface area (Å²) >= 11 is 0. The van der Waals surface area contributed by atoms with E-state index in [2.05, 4.69) is 5.10 Å². The maximum atomic E-state index is 12.7. The van der Waals surface area contributed by atoms with Crippen LogP contribution in [0, 0.1) is 5.82 Å². The third-order valence-corrected chi connectivity index (χ3v) is 2.24. The first-order chi connectivity index (χ1) is 8.49. The van der Waals surface area contributed by atoms with E-state index in [4.69, 9.17) is 5.11 Å². The number of aromatic nitrogens is 2. The van der Waals surface area contributed by atoms with Crippen LogP contribution in [0.4, 0.5) is 13.2 Å². The summed E-state index contributed by atoms with van der Waals surface area (Å²) in [6.07, 6.45) is -2.87. The highest BCUT2D eigenvalue weighted by Crippen LogP contribution is 2.21. The average Bonchev–Trinajstić information content (AvgIpc) is 2.75. The molecule has 0 aliphatic rings. The molecule has 94 valence electrons. The van der Waals surface area contributed by atoms with Crippen molar-refractivity contribution >= 4 is 5.97 Å². The van der Waals surface area contributed by atoms with E-state index in [9.17, 15) is 18.0 Å². The highest BCUT2D eigenvalue weighted by molar-refractivity contribution is 5.86. The summed E-state index contributed by atoms with van der Waals surface area (Å²) in [6, 6.07) is 5.47. The summed E-state index contributed by atoms with van der Waals surface area (Å²) < 4.78 is 38.5. The fourth-order valence-electron chi connectivity index (χ4n) is 1.44. The van der Waals surface area contributed by atoms with Crippen LogP contribution in [0.1, 0.15) is 22.6 Å². The minimum atomic E-state index is -2.87. The fraction of sp³-hybridized carbons (Fsp3) is 0.0909. The number of hydrogen-bond acceptors (Lipinski definition) is 2. The molecule has 1 N–H and O–H groups in total.